The minimum absolute atomic E-state index is 0.0216. The van der Waals surface area contributed by atoms with Gasteiger partial charge in [-0.1, -0.05) is 30.0 Å². The summed E-state index contributed by atoms with van der Waals surface area (Å²) >= 11 is 1.81. The lowest BCUT2D eigenvalue weighted by atomic mass is 10.1. The summed E-state index contributed by atoms with van der Waals surface area (Å²) < 4.78 is 25.2. The zero-order chi connectivity index (χ0) is 17.5. The van der Waals surface area contributed by atoms with Crippen LogP contribution in [-0.2, 0) is 9.59 Å². The number of benzene rings is 1. The average Bonchev–Trinajstić information content (AvgIpc) is 3.02. The van der Waals surface area contributed by atoms with Gasteiger partial charge in [-0.2, -0.15) is 8.78 Å². The number of halogens is 2. The fourth-order valence-electron chi connectivity index (χ4n) is 2.11. The summed E-state index contributed by atoms with van der Waals surface area (Å²) in [5.74, 6) is -3.17. The largest absolute Gasteiger partial charge is 0.348 e. The molecule has 1 aromatic heterocycles. The van der Waals surface area contributed by atoms with Crippen molar-refractivity contribution < 1.29 is 18.4 Å². The van der Waals surface area contributed by atoms with Crippen LogP contribution in [0.2, 0.25) is 0 Å². The highest BCUT2D eigenvalue weighted by molar-refractivity contribution is 7.99. The van der Waals surface area contributed by atoms with E-state index < -0.39 is 11.8 Å². The minimum atomic E-state index is -2.57. The molecule has 1 atom stereocenters. The fourth-order valence-corrected chi connectivity index (χ4v) is 3.49. The van der Waals surface area contributed by atoms with Gasteiger partial charge in [0.05, 0.1) is 18.2 Å². The number of thioether (sulfide) groups is 1. The highest BCUT2D eigenvalue weighted by atomic mass is 32.2. The van der Waals surface area contributed by atoms with Gasteiger partial charge in [0, 0.05) is 16.7 Å². The third-order valence-electron chi connectivity index (χ3n) is 3.03. The SMILES string of the molecule is CC(=O)NC(CC(=O)Nc1ccccc1SC(F)F)c1cccs1. The molecule has 8 heteroatoms. The Hall–Kier alpha value is -1.93. The number of amides is 2. The predicted octanol–water partition coefficient (Wildman–Crippen LogP) is 4.27. The molecule has 2 aromatic rings. The molecule has 0 spiro atoms. The van der Waals surface area contributed by atoms with Crippen LogP contribution in [0.15, 0.2) is 46.7 Å². The molecule has 1 heterocycles. The first-order valence-electron chi connectivity index (χ1n) is 7.10. The van der Waals surface area contributed by atoms with E-state index >= 15 is 0 Å². The molecule has 4 nitrogen and oxygen atoms in total. The zero-order valence-corrected chi connectivity index (χ0v) is 14.4. The van der Waals surface area contributed by atoms with Gasteiger partial charge in [-0.25, -0.2) is 0 Å². The lowest BCUT2D eigenvalue weighted by Gasteiger charge is -2.17. The molecule has 0 aliphatic carbocycles. The molecular weight excluding hydrogens is 354 g/mol. The molecular formula is C16H16F2N2O2S2. The van der Waals surface area contributed by atoms with E-state index in [0.717, 1.165) is 4.88 Å². The predicted molar refractivity (Wildman–Crippen MR) is 92.4 cm³/mol. The number of anilines is 1. The van der Waals surface area contributed by atoms with E-state index in [2.05, 4.69) is 10.6 Å². The molecule has 2 N–H and O–H groups in total. The van der Waals surface area contributed by atoms with E-state index in [0.29, 0.717) is 22.3 Å². The molecule has 24 heavy (non-hydrogen) atoms. The summed E-state index contributed by atoms with van der Waals surface area (Å²) in [6.45, 7) is 1.38. The van der Waals surface area contributed by atoms with Gasteiger partial charge in [-0.15, -0.1) is 11.3 Å². The molecule has 0 saturated heterocycles. The topological polar surface area (TPSA) is 58.2 Å². The Morgan fingerprint density at radius 2 is 1.96 bits per heavy atom. The third-order valence-corrected chi connectivity index (χ3v) is 4.80. The number of hydrogen-bond acceptors (Lipinski definition) is 4. The summed E-state index contributed by atoms with van der Waals surface area (Å²) in [7, 11) is 0. The molecule has 0 aliphatic rings. The first kappa shape index (κ1) is 18.4. The van der Waals surface area contributed by atoms with Gasteiger partial charge >= 0.3 is 0 Å². The van der Waals surface area contributed by atoms with Crippen LogP contribution < -0.4 is 10.6 Å². The molecule has 2 rings (SSSR count). The van der Waals surface area contributed by atoms with Crippen molar-refractivity contribution in [3.8, 4) is 0 Å². The van der Waals surface area contributed by atoms with Crippen LogP contribution in [0.25, 0.3) is 0 Å². The molecule has 1 aromatic carbocycles. The third kappa shape index (κ3) is 5.61. The lowest BCUT2D eigenvalue weighted by molar-refractivity contribution is -0.120. The Balaban J connectivity index is 2.07. The van der Waals surface area contributed by atoms with Crippen LogP contribution in [0.1, 0.15) is 24.3 Å². The normalized spacial score (nSPS) is 12.0. The van der Waals surface area contributed by atoms with Crippen LogP contribution in [-0.4, -0.2) is 17.6 Å². The maximum atomic E-state index is 12.6. The number of alkyl halides is 2. The van der Waals surface area contributed by atoms with Crippen molar-refractivity contribution >= 4 is 40.6 Å². The lowest BCUT2D eigenvalue weighted by Crippen LogP contribution is -2.29. The number of para-hydroxylation sites is 1. The summed E-state index contributed by atoms with van der Waals surface area (Å²) in [5.41, 5.74) is 0.334. The maximum Gasteiger partial charge on any atom is 0.288 e. The zero-order valence-electron chi connectivity index (χ0n) is 12.8. The number of hydrogen-bond donors (Lipinski definition) is 2. The van der Waals surface area contributed by atoms with Crippen molar-refractivity contribution in [2.24, 2.45) is 0 Å². The summed E-state index contributed by atoms with van der Waals surface area (Å²) in [6, 6.07) is 9.61. The van der Waals surface area contributed by atoms with Gasteiger partial charge in [-0.3, -0.25) is 9.59 Å². The highest BCUT2D eigenvalue weighted by Gasteiger charge is 2.19. The Morgan fingerprint density at radius 3 is 2.58 bits per heavy atom. The number of carbonyl (C=O) groups is 2. The van der Waals surface area contributed by atoms with Crippen molar-refractivity contribution in [3.05, 3.63) is 46.7 Å². The van der Waals surface area contributed by atoms with Gasteiger partial charge in [0.1, 0.15) is 0 Å². The second kappa shape index (κ2) is 8.79. The summed E-state index contributed by atoms with van der Waals surface area (Å²) in [6.07, 6.45) is 0.0216. The monoisotopic (exact) mass is 370 g/mol. The van der Waals surface area contributed by atoms with Crippen molar-refractivity contribution in [3.63, 3.8) is 0 Å². The van der Waals surface area contributed by atoms with Gasteiger partial charge in [0.15, 0.2) is 0 Å². The van der Waals surface area contributed by atoms with E-state index in [1.54, 1.807) is 18.2 Å². The molecule has 128 valence electrons. The smallest absolute Gasteiger partial charge is 0.288 e. The van der Waals surface area contributed by atoms with Gasteiger partial charge < -0.3 is 10.6 Å². The standard InChI is InChI=1S/C16H16F2N2O2S2/c1-10(21)19-12(13-7-4-8-23-13)9-15(22)20-11-5-2-3-6-14(11)24-16(17)18/h2-8,12,16H,9H2,1H3,(H,19,21)(H,20,22). The van der Waals surface area contributed by atoms with Gasteiger partial charge in [0.2, 0.25) is 11.8 Å². The van der Waals surface area contributed by atoms with Crippen molar-refractivity contribution in [1.29, 1.82) is 0 Å². The van der Waals surface area contributed by atoms with Gasteiger partial charge in [0.25, 0.3) is 5.76 Å². The van der Waals surface area contributed by atoms with Crippen molar-refractivity contribution in [1.82, 2.24) is 5.32 Å². The van der Waals surface area contributed by atoms with Crippen LogP contribution >= 0.6 is 23.1 Å². The first-order valence-corrected chi connectivity index (χ1v) is 8.86. The van der Waals surface area contributed by atoms with Crippen molar-refractivity contribution in [2.45, 2.75) is 30.0 Å². The van der Waals surface area contributed by atoms with E-state index in [9.17, 15) is 18.4 Å². The van der Waals surface area contributed by atoms with E-state index in [-0.39, 0.29) is 18.2 Å². The second-order valence-corrected chi connectivity index (χ2v) is 6.91. The van der Waals surface area contributed by atoms with E-state index in [1.807, 2.05) is 17.5 Å². The summed E-state index contributed by atoms with van der Waals surface area (Å²) in [5, 5.41) is 7.23. The second-order valence-electron chi connectivity index (χ2n) is 4.90. The molecule has 0 fully saturated rings. The Kier molecular flexibility index (Phi) is 6.74. The van der Waals surface area contributed by atoms with Crippen LogP contribution in [0, 0.1) is 0 Å². The Bertz CT molecular complexity index is 693. The Labute approximate surface area is 146 Å². The maximum absolute atomic E-state index is 12.6. The number of carbonyl (C=O) groups excluding carboxylic acids is 2. The molecule has 0 aliphatic heterocycles. The first-order chi connectivity index (χ1) is 11.5. The fraction of sp³-hybridized carbons (Fsp3) is 0.250. The van der Waals surface area contributed by atoms with Gasteiger partial charge in [-0.05, 0) is 23.6 Å². The van der Waals surface area contributed by atoms with E-state index in [4.69, 9.17) is 0 Å². The summed E-state index contributed by atoms with van der Waals surface area (Å²) in [4.78, 5) is 24.8. The molecule has 1 unspecified atom stereocenters. The Morgan fingerprint density at radius 1 is 1.21 bits per heavy atom. The highest BCUT2D eigenvalue weighted by Crippen LogP contribution is 2.32. The minimum Gasteiger partial charge on any atom is -0.348 e. The van der Waals surface area contributed by atoms with E-state index in [1.165, 1.54) is 24.3 Å². The quantitative estimate of drug-likeness (QED) is 0.716. The molecule has 0 radical (unpaired) electrons. The van der Waals surface area contributed by atoms with Crippen LogP contribution in [0.5, 0.6) is 0 Å². The number of rotatable bonds is 7. The number of thiophene rings is 1. The molecule has 2 amide bonds. The van der Waals surface area contributed by atoms with Crippen molar-refractivity contribution in [2.75, 3.05) is 5.32 Å². The molecule has 0 saturated carbocycles. The molecule has 0 bridgehead atoms. The van der Waals surface area contributed by atoms with Crippen LogP contribution in [0.4, 0.5) is 14.5 Å². The average molecular weight is 370 g/mol. The van der Waals surface area contributed by atoms with Crippen LogP contribution in [0.3, 0.4) is 0 Å². The number of nitrogens with one attached hydrogen (secondary N) is 2.